The summed E-state index contributed by atoms with van der Waals surface area (Å²) in [5.74, 6) is 0.546. The maximum Gasteiger partial charge on any atom is 0.338 e. The molecule has 1 aliphatic carbocycles. The van der Waals surface area contributed by atoms with E-state index in [0.717, 1.165) is 37.7 Å². The van der Waals surface area contributed by atoms with E-state index in [4.69, 9.17) is 9.47 Å². The molecule has 1 aromatic rings. The van der Waals surface area contributed by atoms with Crippen molar-refractivity contribution in [2.45, 2.75) is 25.8 Å². The van der Waals surface area contributed by atoms with Crippen molar-refractivity contribution in [3.05, 3.63) is 35.4 Å². The number of hydrogen-bond acceptors (Lipinski definition) is 4. The summed E-state index contributed by atoms with van der Waals surface area (Å²) < 4.78 is 10.4. The number of carbonyl (C=O) groups excluding carboxylic acids is 1. The number of esters is 1. The van der Waals surface area contributed by atoms with Crippen molar-refractivity contribution in [1.82, 2.24) is 5.32 Å². The van der Waals surface area contributed by atoms with Crippen LogP contribution in [0.1, 0.15) is 35.2 Å². The van der Waals surface area contributed by atoms with Crippen LogP contribution >= 0.6 is 0 Å². The summed E-state index contributed by atoms with van der Waals surface area (Å²) in [6.07, 6.45) is 3.66. The van der Waals surface area contributed by atoms with Crippen LogP contribution in [-0.2, 0) is 16.0 Å². The molecule has 0 amide bonds. The predicted molar refractivity (Wildman–Crippen MR) is 77.6 cm³/mol. The van der Waals surface area contributed by atoms with Gasteiger partial charge in [-0.2, -0.15) is 0 Å². The summed E-state index contributed by atoms with van der Waals surface area (Å²) in [7, 11) is 1.41. The summed E-state index contributed by atoms with van der Waals surface area (Å²) in [5, 5.41) is 3.34. The number of benzene rings is 1. The van der Waals surface area contributed by atoms with Crippen molar-refractivity contribution in [1.29, 1.82) is 0 Å². The highest BCUT2D eigenvalue weighted by atomic mass is 16.5. The van der Waals surface area contributed by atoms with Gasteiger partial charge < -0.3 is 14.8 Å². The molecule has 0 bridgehead atoms. The quantitative estimate of drug-likeness (QED) is 0.556. The Labute approximate surface area is 120 Å². The zero-order chi connectivity index (χ0) is 14.2. The molecule has 0 heterocycles. The van der Waals surface area contributed by atoms with Gasteiger partial charge in [0.15, 0.2) is 0 Å². The number of carbonyl (C=O) groups is 1. The molecule has 1 saturated carbocycles. The largest absolute Gasteiger partial charge is 0.465 e. The van der Waals surface area contributed by atoms with Gasteiger partial charge in [-0.05, 0) is 43.4 Å². The van der Waals surface area contributed by atoms with Crippen LogP contribution in [0.15, 0.2) is 24.3 Å². The third-order valence-electron chi connectivity index (χ3n) is 3.43. The van der Waals surface area contributed by atoms with Crippen LogP contribution in [-0.4, -0.2) is 32.8 Å². The van der Waals surface area contributed by atoms with Gasteiger partial charge in [0.05, 0.1) is 12.7 Å². The second-order valence-electron chi connectivity index (χ2n) is 5.20. The maximum absolute atomic E-state index is 11.6. The van der Waals surface area contributed by atoms with E-state index < -0.39 is 0 Å². The number of rotatable bonds is 9. The van der Waals surface area contributed by atoms with Gasteiger partial charge in [-0.15, -0.1) is 0 Å². The lowest BCUT2D eigenvalue weighted by atomic mass is 10.1. The molecule has 0 unspecified atom stereocenters. The number of ether oxygens (including phenoxy) is 2. The maximum atomic E-state index is 11.6. The lowest BCUT2D eigenvalue weighted by molar-refractivity contribution is 0.0599. The van der Waals surface area contributed by atoms with Gasteiger partial charge in [-0.3, -0.25) is 0 Å². The Morgan fingerprint density at radius 2 is 2.15 bits per heavy atom. The molecule has 1 aromatic carbocycles. The monoisotopic (exact) mass is 277 g/mol. The van der Waals surface area contributed by atoms with Gasteiger partial charge in [0, 0.05) is 19.8 Å². The van der Waals surface area contributed by atoms with Crippen LogP contribution in [0.25, 0.3) is 0 Å². The SMILES string of the molecule is COC(=O)c1ccccc1CNCCCOCC1CC1. The van der Waals surface area contributed by atoms with Gasteiger partial charge >= 0.3 is 5.97 Å². The van der Waals surface area contributed by atoms with Gasteiger partial charge in [0.1, 0.15) is 0 Å². The van der Waals surface area contributed by atoms with Crippen molar-refractivity contribution in [3.63, 3.8) is 0 Å². The van der Waals surface area contributed by atoms with E-state index >= 15 is 0 Å². The van der Waals surface area contributed by atoms with E-state index in [1.165, 1.54) is 20.0 Å². The first-order valence-electron chi connectivity index (χ1n) is 7.26. The fraction of sp³-hybridized carbons (Fsp3) is 0.562. The third-order valence-corrected chi connectivity index (χ3v) is 3.43. The highest BCUT2D eigenvalue weighted by Crippen LogP contribution is 2.28. The number of nitrogens with one attached hydrogen (secondary N) is 1. The smallest absolute Gasteiger partial charge is 0.338 e. The first-order valence-corrected chi connectivity index (χ1v) is 7.26. The van der Waals surface area contributed by atoms with Gasteiger partial charge in [0.2, 0.25) is 0 Å². The van der Waals surface area contributed by atoms with Crippen LogP contribution < -0.4 is 5.32 Å². The fourth-order valence-electron chi connectivity index (χ4n) is 2.04. The summed E-state index contributed by atoms with van der Waals surface area (Å²) >= 11 is 0. The Kier molecular flexibility index (Phi) is 6.02. The van der Waals surface area contributed by atoms with E-state index in [-0.39, 0.29) is 5.97 Å². The zero-order valence-electron chi connectivity index (χ0n) is 12.1. The van der Waals surface area contributed by atoms with E-state index in [9.17, 15) is 4.79 Å². The molecule has 0 spiro atoms. The van der Waals surface area contributed by atoms with E-state index in [1.807, 2.05) is 18.2 Å². The summed E-state index contributed by atoms with van der Waals surface area (Å²) in [6.45, 7) is 3.29. The predicted octanol–water partition coefficient (Wildman–Crippen LogP) is 2.38. The van der Waals surface area contributed by atoms with Gasteiger partial charge in [-0.25, -0.2) is 4.79 Å². The molecule has 0 atom stereocenters. The Hall–Kier alpha value is -1.39. The summed E-state index contributed by atoms with van der Waals surface area (Å²) in [6, 6.07) is 7.52. The molecule has 4 nitrogen and oxygen atoms in total. The van der Waals surface area contributed by atoms with Crippen molar-refractivity contribution >= 4 is 5.97 Å². The fourth-order valence-corrected chi connectivity index (χ4v) is 2.04. The highest BCUT2D eigenvalue weighted by Gasteiger charge is 2.20. The Bertz CT molecular complexity index is 429. The molecule has 20 heavy (non-hydrogen) atoms. The topological polar surface area (TPSA) is 47.6 Å². The Morgan fingerprint density at radius 3 is 2.90 bits per heavy atom. The van der Waals surface area contributed by atoms with Crippen molar-refractivity contribution in [3.8, 4) is 0 Å². The summed E-state index contributed by atoms with van der Waals surface area (Å²) in [5.41, 5.74) is 1.60. The third kappa shape index (κ3) is 4.94. The molecular formula is C16H23NO3. The average molecular weight is 277 g/mol. The lowest BCUT2D eigenvalue weighted by Crippen LogP contribution is -2.18. The minimum Gasteiger partial charge on any atom is -0.465 e. The van der Waals surface area contributed by atoms with E-state index in [0.29, 0.717) is 12.1 Å². The zero-order valence-corrected chi connectivity index (χ0v) is 12.1. The average Bonchev–Trinajstić information content (AvgIpc) is 3.30. The minimum atomic E-state index is -0.282. The number of methoxy groups -OCH3 is 1. The molecule has 4 heteroatoms. The first-order chi connectivity index (χ1) is 9.81. The van der Waals surface area contributed by atoms with Crippen LogP contribution in [0, 0.1) is 5.92 Å². The Morgan fingerprint density at radius 1 is 1.35 bits per heavy atom. The molecule has 0 saturated heterocycles. The number of hydrogen-bond donors (Lipinski definition) is 1. The molecule has 0 radical (unpaired) electrons. The molecule has 0 aliphatic heterocycles. The lowest BCUT2D eigenvalue weighted by Gasteiger charge is -2.09. The van der Waals surface area contributed by atoms with Crippen molar-refractivity contribution in [2.75, 3.05) is 26.9 Å². The van der Waals surface area contributed by atoms with Crippen LogP contribution in [0.4, 0.5) is 0 Å². The Balaban J connectivity index is 1.64. The molecule has 1 aliphatic rings. The van der Waals surface area contributed by atoms with Gasteiger partial charge in [-0.1, -0.05) is 18.2 Å². The second-order valence-corrected chi connectivity index (χ2v) is 5.20. The van der Waals surface area contributed by atoms with Crippen molar-refractivity contribution in [2.24, 2.45) is 5.92 Å². The highest BCUT2D eigenvalue weighted by molar-refractivity contribution is 5.90. The minimum absolute atomic E-state index is 0.282. The molecule has 110 valence electrons. The standard InChI is InChI=1S/C16H23NO3/c1-19-16(18)15-6-3-2-5-14(15)11-17-9-4-10-20-12-13-7-8-13/h2-3,5-6,13,17H,4,7-12H2,1H3. The molecular weight excluding hydrogens is 254 g/mol. The second kappa shape index (κ2) is 8.02. The normalized spacial score (nSPS) is 14.2. The molecule has 1 fully saturated rings. The van der Waals surface area contributed by atoms with Crippen LogP contribution in [0.5, 0.6) is 0 Å². The van der Waals surface area contributed by atoms with E-state index in [2.05, 4.69) is 5.32 Å². The van der Waals surface area contributed by atoms with Gasteiger partial charge in [0.25, 0.3) is 0 Å². The first kappa shape index (κ1) is 15.0. The van der Waals surface area contributed by atoms with Crippen LogP contribution in [0.2, 0.25) is 0 Å². The molecule has 1 N–H and O–H groups in total. The molecule has 2 rings (SSSR count). The molecule has 0 aromatic heterocycles. The van der Waals surface area contributed by atoms with Crippen LogP contribution in [0.3, 0.4) is 0 Å². The van der Waals surface area contributed by atoms with E-state index in [1.54, 1.807) is 6.07 Å². The van der Waals surface area contributed by atoms with Crippen molar-refractivity contribution < 1.29 is 14.3 Å². The summed E-state index contributed by atoms with van der Waals surface area (Å²) in [4.78, 5) is 11.6.